The van der Waals surface area contributed by atoms with Crippen molar-refractivity contribution >= 4 is 11.9 Å². The van der Waals surface area contributed by atoms with Crippen molar-refractivity contribution in [2.24, 2.45) is 0 Å². The molecule has 2 heterocycles. The highest BCUT2D eigenvalue weighted by Gasteiger charge is 2.47. The molecule has 2 aliphatic rings. The van der Waals surface area contributed by atoms with Crippen molar-refractivity contribution in [1.29, 1.82) is 0 Å². The summed E-state index contributed by atoms with van der Waals surface area (Å²) in [5, 5.41) is 71.3. The van der Waals surface area contributed by atoms with Gasteiger partial charge in [0, 0.05) is 12.8 Å². The largest absolute Gasteiger partial charge is 0.462 e. The van der Waals surface area contributed by atoms with Gasteiger partial charge in [-0.3, -0.25) is 9.59 Å². The smallest absolute Gasteiger partial charge is 0.306 e. The lowest BCUT2D eigenvalue weighted by atomic mass is 9.98. The van der Waals surface area contributed by atoms with Crippen molar-refractivity contribution in [2.75, 3.05) is 26.4 Å². The average Bonchev–Trinajstić information content (AvgIpc) is 3.12. The molecule has 0 unspecified atom stereocenters. The Kier molecular flexibility index (Phi) is 22.9. The van der Waals surface area contributed by atoms with Crippen LogP contribution in [0.4, 0.5) is 0 Å². The Labute approximate surface area is 301 Å². The van der Waals surface area contributed by atoms with Gasteiger partial charge in [0.2, 0.25) is 0 Å². The van der Waals surface area contributed by atoms with Crippen LogP contribution in [0, 0.1) is 0 Å². The molecule has 0 aromatic heterocycles. The second-order valence-corrected chi connectivity index (χ2v) is 13.1. The number of hydrogen-bond donors (Lipinski definition) is 7. The minimum Gasteiger partial charge on any atom is -0.462 e. The number of aliphatic hydroxyl groups excluding tert-OH is 7. The van der Waals surface area contributed by atoms with E-state index in [2.05, 4.69) is 25.7 Å². The molecule has 0 amide bonds. The van der Waals surface area contributed by atoms with Crippen molar-refractivity contribution in [2.45, 2.75) is 164 Å². The van der Waals surface area contributed by atoms with E-state index in [1.54, 1.807) is 0 Å². The molecule has 0 aliphatic carbocycles. The van der Waals surface area contributed by atoms with Crippen LogP contribution in [-0.4, -0.2) is 142 Å². The van der Waals surface area contributed by atoms with E-state index in [1.165, 1.54) is 0 Å². The van der Waals surface area contributed by atoms with Gasteiger partial charge < -0.3 is 64.2 Å². The van der Waals surface area contributed by atoms with Crippen LogP contribution in [0.1, 0.15) is 96.8 Å². The van der Waals surface area contributed by atoms with Crippen LogP contribution in [0.15, 0.2) is 24.8 Å². The first-order chi connectivity index (χ1) is 24.5. The van der Waals surface area contributed by atoms with Gasteiger partial charge in [0.05, 0.1) is 19.8 Å². The zero-order valence-corrected chi connectivity index (χ0v) is 29.9. The zero-order chi connectivity index (χ0) is 37.6. The third kappa shape index (κ3) is 16.7. The molecular formula is C36H62O15. The fourth-order valence-corrected chi connectivity index (χ4v) is 5.65. The Balaban J connectivity index is 1.91. The molecule has 0 spiro atoms. The van der Waals surface area contributed by atoms with Crippen molar-refractivity contribution in [3.63, 3.8) is 0 Å². The molecule has 2 rings (SSSR count). The normalized spacial score (nSPS) is 30.3. The Morgan fingerprint density at radius 2 is 1.25 bits per heavy atom. The first kappa shape index (κ1) is 45.1. The maximum Gasteiger partial charge on any atom is 0.306 e. The number of carbonyl (C=O) groups excluding carboxylic acids is 2. The Morgan fingerprint density at radius 3 is 1.90 bits per heavy atom. The predicted molar refractivity (Wildman–Crippen MR) is 183 cm³/mol. The zero-order valence-electron chi connectivity index (χ0n) is 29.9. The summed E-state index contributed by atoms with van der Waals surface area (Å²) in [5.74, 6) is -0.970. The van der Waals surface area contributed by atoms with E-state index in [0.29, 0.717) is 12.8 Å². The second kappa shape index (κ2) is 25.9. The summed E-state index contributed by atoms with van der Waals surface area (Å²) in [4.78, 5) is 25.1. The highest BCUT2D eigenvalue weighted by atomic mass is 16.7. The fourth-order valence-electron chi connectivity index (χ4n) is 5.65. The summed E-state index contributed by atoms with van der Waals surface area (Å²) < 4.78 is 33.0. The van der Waals surface area contributed by atoms with Gasteiger partial charge in [-0.25, -0.2) is 0 Å². The Morgan fingerprint density at radius 1 is 0.686 bits per heavy atom. The van der Waals surface area contributed by atoms with E-state index in [9.17, 15) is 45.3 Å². The van der Waals surface area contributed by atoms with Crippen molar-refractivity contribution in [3.05, 3.63) is 24.8 Å². The molecular weight excluding hydrogens is 672 g/mol. The maximum absolute atomic E-state index is 12.6. The Bertz CT molecular complexity index is 994. The molecule has 11 atom stereocenters. The lowest BCUT2D eigenvalue weighted by Crippen LogP contribution is -2.61. The lowest BCUT2D eigenvalue weighted by Gasteiger charge is -2.42. The van der Waals surface area contributed by atoms with E-state index >= 15 is 0 Å². The van der Waals surface area contributed by atoms with E-state index in [1.807, 2.05) is 6.08 Å². The van der Waals surface area contributed by atoms with Gasteiger partial charge in [0.25, 0.3) is 0 Å². The molecule has 0 saturated carbocycles. The molecule has 15 heteroatoms. The molecule has 2 aliphatic heterocycles. The number of aliphatic hydroxyl groups is 7. The van der Waals surface area contributed by atoms with Gasteiger partial charge in [0.15, 0.2) is 18.7 Å². The van der Waals surface area contributed by atoms with Crippen LogP contribution in [0.3, 0.4) is 0 Å². The van der Waals surface area contributed by atoms with Gasteiger partial charge in [-0.15, -0.1) is 6.58 Å². The van der Waals surface area contributed by atoms with E-state index in [4.69, 9.17) is 28.4 Å². The van der Waals surface area contributed by atoms with Crippen LogP contribution in [-0.2, 0) is 38.0 Å². The molecule has 296 valence electrons. The molecule has 51 heavy (non-hydrogen) atoms. The number of ether oxygens (including phenoxy) is 6. The van der Waals surface area contributed by atoms with Crippen LogP contribution >= 0.6 is 0 Å². The molecule has 2 saturated heterocycles. The van der Waals surface area contributed by atoms with Gasteiger partial charge in [-0.05, 0) is 32.1 Å². The monoisotopic (exact) mass is 734 g/mol. The van der Waals surface area contributed by atoms with Crippen molar-refractivity contribution in [3.8, 4) is 0 Å². The van der Waals surface area contributed by atoms with Gasteiger partial charge >= 0.3 is 11.9 Å². The number of rotatable bonds is 26. The summed E-state index contributed by atoms with van der Waals surface area (Å²) in [5.41, 5.74) is 0. The van der Waals surface area contributed by atoms with Crippen molar-refractivity contribution in [1.82, 2.24) is 0 Å². The predicted octanol–water partition coefficient (Wildman–Crippen LogP) is 1.31. The second-order valence-electron chi connectivity index (χ2n) is 13.1. The number of allylic oxidation sites excluding steroid dienone is 3. The summed E-state index contributed by atoms with van der Waals surface area (Å²) in [6.07, 6.45) is 0.682. The summed E-state index contributed by atoms with van der Waals surface area (Å²) >= 11 is 0. The Hall–Kier alpha value is -2.02. The van der Waals surface area contributed by atoms with Crippen molar-refractivity contribution < 1.29 is 73.8 Å². The average molecular weight is 735 g/mol. The topological polar surface area (TPSA) is 231 Å². The number of unbranched alkanes of at least 4 members (excludes halogenated alkanes) is 9. The number of hydrogen-bond acceptors (Lipinski definition) is 15. The van der Waals surface area contributed by atoms with Gasteiger partial charge in [0.1, 0.15) is 55.4 Å². The minimum atomic E-state index is -1.76. The quantitative estimate of drug-likeness (QED) is 0.0377. The first-order valence-corrected chi connectivity index (χ1v) is 18.4. The van der Waals surface area contributed by atoms with Crippen LogP contribution in [0.2, 0.25) is 0 Å². The summed E-state index contributed by atoms with van der Waals surface area (Å²) in [7, 11) is 0. The molecule has 15 nitrogen and oxygen atoms in total. The van der Waals surface area contributed by atoms with E-state index in [0.717, 1.165) is 64.2 Å². The summed E-state index contributed by atoms with van der Waals surface area (Å²) in [6.45, 7) is 3.87. The standard InChI is InChI=1S/C36H62O15/c1-3-5-7-9-10-11-12-13-15-16-18-27(38)46-21-24(49-28(39)19-17-14-8-6-4-2)22-47-35-34(45)32(43)30(41)26(51-35)23-48-36-33(44)31(42)29(40)25(20-37)50-36/h3,7,9,24-26,29-37,40-45H,1,4-6,8,10-23H2,2H3/b9-7+/t24-,25-,26-,29+,30+,31+,32+,33-,34-,35-,36+/m1/s1. The lowest BCUT2D eigenvalue weighted by molar-refractivity contribution is -0.332. The minimum absolute atomic E-state index is 0.156. The number of esters is 2. The highest BCUT2D eigenvalue weighted by Crippen LogP contribution is 2.26. The van der Waals surface area contributed by atoms with Gasteiger partial charge in [-0.2, -0.15) is 0 Å². The third-order valence-electron chi connectivity index (χ3n) is 8.82. The van der Waals surface area contributed by atoms with Gasteiger partial charge in [-0.1, -0.05) is 70.1 Å². The SMILES string of the molecule is C=CC/C=C/CCCCCCCC(=O)OC[C@H](CO[C@@H]1O[C@H](CO[C@H]2O[C@H](CO)[C@H](O)[C@H](O)[C@H]2O)[C@H](O)[C@H](O)[C@H]1O)OC(=O)CCCCCCC. The van der Waals surface area contributed by atoms with Crippen LogP contribution < -0.4 is 0 Å². The maximum atomic E-state index is 12.6. The molecule has 0 aromatic carbocycles. The van der Waals surface area contributed by atoms with Crippen LogP contribution in [0.5, 0.6) is 0 Å². The summed E-state index contributed by atoms with van der Waals surface area (Å²) in [6, 6.07) is 0. The first-order valence-electron chi connectivity index (χ1n) is 18.4. The fraction of sp³-hybridized carbons (Fsp3) is 0.833. The molecule has 0 radical (unpaired) electrons. The molecule has 0 aromatic rings. The van der Waals surface area contributed by atoms with E-state index < -0.39 is 92.7 Å². The third-order valence-corrected chi connectivity index (χ3v) is 8.82. The van der Waals surface area contributed by atoms with Crippen LogP contribution in [0.25, 0.3) is 0 Å². The van der Waals surface area contributed by atoms with E-state index in [-0.39, 0.29) is 26.1 Å². The number of carbonyl (C=O) groups is 2. The molecule has 7 N–H and O–H groups in total. The highest BCUT2D eigenvalue weighted by molar-refractivity contribution is 5.70. The molecule has 2 fully saturated rings. The molecule has 0 bridgehead atoms.